The van der Waals surface area contributed by atoms with E-state index in [-0.39, 0.29) is 57.5 Å². The summed E-state index contributed by atoms with van der Waals surface area (Å²) in [5.41, 5.74) is 3.03. The summed E-state index contributed by atoms with van der Waals surface area (Å²) in [7, 11) is 0. The van der Waals surface area contributed by atoms with Crippen LogP contribution in [0.2, 0.25) is 10.0 Å². The number of phenols is 4. The van der Waals surface area contributed by atoms with Crippen molar-refractivity contribution < 1.29 is 157 Å². The van der Waals surface area contributed by atoms with Gasteiger partial charge in [-0.05, 0) is 138 Å². The molecule has 0 radical (unpaired) electrons. The molecule has 17 bridgehead atoms. The lowest BCUT2D eigenvalue weighted by Gasteiger charge is -2.44. The second-order valence-electron chi connectivity index (χ2n) is 37.4. The van der Waals surface area contributed by atoms with Gasteiger partial charge in [0.1, 0.15) is 156 Å². The Labute approximate surface area is 836 Å². The van der Waals surface area contributed by atoms with Crippen molar-refractivity contribution in [3.05, 3.63) is 164 Å². The number of hydrogen-bond acceptors (Lipinski definition) is 33. The summed E-state index contributed by atoms with van der Waals surface area (Å²) in [5.74, 6) is -18.5. The van der Waals surface area contributed by atoms with Crippen molar-refractivity contribution in [1.82, 2.24) is 47.9 Å². The molecule has 8 amide bonds. The lowest BCUT2D eigenvalue weighted by Crippen LogP contribution is -2.66. The minimum atomic E-state index is -2.58. The maximum absolute atomic E-state index is 17.2. The first-order valence-corrected chi connectivity index (χ1v) is 48.8. The summed E-state index contributed by atoms with van der Waals surface area (Å²) >= 11 is 15.0. The van der Waals surface area contributed by atoms with E-state index < -0.39 is 298 Å². The number of benzene rings is 7. The molecule has 3 saturated heterocycles. The van der Waals surface area contributed by atoms with E-state index in [1.807, 2.05) is 0 Å². The van der Waals surface area contributed by atoms with Gasteiger partial charge in [-0.2, -0.15) is 0 Å². The largest absolute Gasteiger partial charge is 0.508 e. The molecule has 3 fully saturated rings. The molecule has 9 aliphatic heterocycles. The first kappa shape index (κ1) is 108. The highest BCUT2D eigenvalue weighted by Gasteiger charge is 2.53. The van der Waals surface area contributed by atoms with Gasteiger partial charge in [-0.1, -0.05) is 152 Å². The van der Waals surface area contributed by atoms with E-state index in [1.54, 1.807) is 0 Å². The van der Waals surface area contributed by atoms with E-state index in [0.717, 1.165) is 156 Å². The Balaban J connectivity index is 1.01. The second kappa shape index (κ2) is 48.3. The molecule has 0 spiro atoms. The average Bonchev–Trinajstić information content (AvgIpc) is 0.764. The average molecular weight is 2050 g/mol. The zero-order chi connectivity index (χ0) is 103. The van der Waals surface area contributed by atoms with Crippen molar-refractivity contribution in [3.8, 4) is 80.1 Å². The lowest BCUT2D eigenvalue weighted by atomic mass is 9.89. The van der Waals surface area contributed by atoms with Crippen LogP contribution in [0.4, 0.5) is 0 Å². The van der Waals surface area contributed by atoms with Gasteiger partial charge < -0.3 is 168 Å². The van der Waals surface area contributed by atoms with Crippen LogP contribution in [-0.4, -0.2) is 255 Å². The molecule has 16 rings (SSSR count). The number of carboxylic acids is 1. The van der Waals surface area contributed by atoms with Gasteiger partial charge in [0.15, 0.2) is 35.3 Å². The van der Waals surface area contributed by atoms with Crippen LogP contribution in [0, 0.1) is 5.92 Å². The Morgan fingerprint density at radius 3 is 1.69 bits per heavy atom. The molecule has 42 nitrogen and oxygen atoms in total. The van der Waals surface area contributed by atoms with Crippen LogP contribution in [0.1, 0.15) is 206 Å². The van der Waals surface area contributed by atoms with Crippen molar-refractivity contribution in [2.24, 2.45) is 11.7 Å². The quantitative estimate of drug-likeness (QED) is 0.0237. The number of rotatable bonds is 31. The maximum Gasteiger partial charge on any atom is 0.330 e. The number of carboxylic acid groups (broad SMARTS) is 1. The van der Waals surface area contributed by atoms with Gasteiger partial charge in [-0.15, -0.1) is 0 Å². The monoisotopic (exact) mass is 2040 g/mol. The van der Waals surface area contributed by atoms with Gasteiger partial charge in [0.2, 0.25) is 65.6 Å². The first-order valence-electron chi connectivity index (χ1n) is 48.1. The lowest BCUT2D eigenvalue weighted by molar-refractivity contribution is -0.284. The number of aliphatic carboxylic acids is 1. The normalized spacial score (nSPS) is 27.5. The molecule has 25 N–H and O–H groups in total. The van der Waals surface area contributed by atoms with Crippen LogP contribution in [0.15, 0.2) is 115 Å². The SMILES string of the molecule is CCCCCCCCCCCCNC[C@H]1O[C@@H](Oc2c3cc4cc2Oc2ccc(cc2Cl)[C@@H](O[C@@H]2O[C@H](CO)[C@@H](O)[C@H](O)[C@H]2NC(C)=O)[C@@H]2NC(=O)[C@H](NC(=O)[C@@H]4NC(=O)[C@H]4NC(=O)[C@@H](Cc5ccc(c(Cl)c5)O3)NC(=O)[C@H](N)c3ccc(O)c(c3)Oc3cc(O)cc4c3)c3ccc(O)c(c3)-c3c(O[C@H]4O[C@H](CO)[C@@H](O)[C@H](O)[C@@H]4O)cc(O)cc3[C@@H](C(=O)O)NC2=O)[C@H](NC(=O)CCCCCCC(C)C)[C@@H](O)[C@@H]1O. The van der Waals surface area contributed by atoms with Crippen molar-refractivity contribution in [2.45, 2.75) is 277 Å². The van der Waals surface area contributed by atoms with Crippen LogP contribution in [0.25, 0.3) is 11.1 Å². The van der Waals surface area contributed by atoms with Crippen LogP contribution in [0.5, 0.6) is 69.0 Å². The molecule has 9 heterocycles. The molecule has 0 saturated carbocycles. The number of aromatic hydroxyl groups is 4. The van der Waals surface area contributed by atoms with Gasteiger partial charge in [-0.3, -0.25) is 38.4 Å². The zero-order valence-corrected chi connectivity index (χ0v) is 80.6. The number of fused-ring (bicyclic) bond motifs is 14. The number of carbonyl (C=O) groups excluding carboxylic acids is 8. The number of ether oxygens (including phenoxy) is 9. The molecular weight excluding hydrogens is 1920 g/mol. The summed E-state index contributed by atoms with van der Waals surface area (Å²) in [6.45, 7) is 5.50. The number of phenolic OH excluding ortho intramolecular Hbond substituents is 4. The molecular formula is C100H122Cl2N10O32. The van der Waals surface area contributed by atoms with Crippen LogP contribution in [0.3, 0.4) is 0 Å². The van der Waals surface area contributed by atoms with E-state index >= 15 is 24.0 Å². The fourth-order valence-corrected chi connectivity index (χ4v) is 18.9. The van der Waals surface area contributed by atoms with Gasteiger partial charge in [-0.25, -0.2) is 4.79 Å². The van der Waals surface area contributed by atoms with E-state index in [9.17, 15) is 90.7 Å². The first-order chi connectivity index (χ1) is 68.9. The summed E-state index contributed by atoms with van der Waals surface area (Å²) in [4.78, 5) is 140. The molecule has 23 atom stereocenters. The number of halogens is 2. The van der Waals surface area contributed by atoms with Crippen molar-refractivity contribution in [2.75, 3.05) is 26.3 Å². The molecule has 44 heteroatoms. The zero-order valence-electron chi connectivity index (χ0n) is 79.1. The molecule has 0 unspecified atom stereocenters. The third kappa shape index (κ3) is 25.5. The van der Waals surface area contributed by atoms with E-state index in [1.165, 1.54) is 43.2 Å². The Morgan fingerprint density at radius 1 is 0.493 bits per heavy atom. The van der Waals surface area contributed by atoms with Crippen molar-refractivity contribution in [3.63, 3.8) is 0 Å². The van der Waals surface area contributed by atoms with E-state index in [4.69, 9.17) is 71.6 Å². The molecule has 778 valence electrons. The summed E-state index contributed by atoms with van der Waals surface area (Å²) in [6, 6.07) is 1.47. The Morgan fingerprint density at radius 2 is 1.05 bits per heavy atom. The number of nitrogens with two attached hydrogens (primary N) is 1. The highest BCUT2D eigenvalue weighted by atomic mass is 35.5. The molecule has 144 heavy (non-hydrogen) atoms. The number of aliphatic hydroxyl groups excluding tert-OH is 9. The number of nitrogens with one attached hydrogen (secondary N) is 9. The number of unbranched alkanes of at least 4 members (excludes halogenated alkanes) is 12. The number of carbonyl (C=O) groups is 9. The van der Waals surface area contributed by atoms with Gasteiger partial charge in [0.05, 0.1) is 23.3 Å². The topological polar surface area (TPSA) is 654 Å². The molecule has 0 aromatic heterocycles. The molecule has 7 aromatic carbocycles. The summed E-state index contributed by atoms with van der Waals surface area (Å²) < 4.78 is 58.9. The third-order valence-corrected chi connectivity index (χ3v) is 26.8. The minimum Gasteiger partial charge on any atom is -0.508 e. The Hall–Kier alpha value is -12.0. The standard InChI is InChI=1S/C100H122Cl2N10O32/c1-5-6-7-8-9-10-11-12-15-18-29-104-42-69-82(121)86(125)80(107-72(120)20-17-14-13-16-19-45(2)3)99(140-69)144-90-67-37-52-38-68(90)138-64-28-24-50(35-59(64)102)89(143-98-79(105-46(4)115)85(124)83(122)70(43-113)141-98)81-96(133)111-78(97(134)135)57-40-54(117)41-66(139-100-88(127)87(126)84(123)71(44-114)142-100)73(57)56-34-49(23-25-61(56)118)75(93(130)112-81)109-95(132)77(52)110-94(131)76-51-32-53(116)39-55(33-51)136-65-36-48(22-26-62(65)119)74(103)92(129)106-60(91(128)108-76)31-47-21-27-63(137-67)58(101)30-47/h21-28,30,32-41,45,60,69-71,74-89,98-100,104,113-114,116-119,121-127H,5-20,29,31,42-44,103H2,1-4H3,(H,105,115)(H,106,129)(H,107,120)(H,108,128)(H,109,132)(H,110,131)(H,111,133)(H,112,130)(H,134,135)/t60-,69-,70-,71-,74-,75-,76+,77-,78+,79-,80-,81+,82-,83-,84-,85-,86-,87+,88+,89-,98+,99+,100+/m1/s1. The second-order valence-corrected chi connectivity index (χ2v) is 38.2. The minimum absolute atomic E-state index is 0.0392. The van der Waals surface area contributed by atoms with Crippen LogP contribution < -0.4 is 77.3 Å². The summed E-state index contributed by atoms with van der Waals surface area (Å²) in [5, 5.41) is 185. The maximum atomic E-state index is 17.2. The van der Waals surface area contributed by atoms with Crippen LogP contribution >= 0.6 is 23.2 Å². The van der Waals surface area contributed by atoms with Gasteiger partial charge in [0, 0.05) is 55.1 Å². The van der Waals surface area contributed by atoms with E-state index in [0.29, 0.717) is 31.7 Å². The highest BCUT2D eigenvalue weighted by molar-refractivity contribution is 6.32. The van der Waals surface area contributed by atoms with Gasteiger partial charge in [0.25, 0.3) is 0 Å². The predicted molar refractivity (Wildman–Crippen MR) is 511 cm³/mol. The fourth-order valence-electron chi connectivity index (χ4n) is 18.5. The van der Waals surface area contributed by atoms with Crippen molar-refractivity contribution in [1.29, 1.82) is 0 Å². The molecule has 0 aliphatic carbocycles. The number of aliphatic hydroxyl groups is 9. The molecule has 9 aliphatic rings. The number of hydrogen-bond donors (Lipinski definition) is 24. The smallest absolute Gasteiger partial charge is 0.330 e. The fraction of sp³-hybridized carbons (Fsp3) is 0.490. The number of amides is 8. The Kier molecular flexibility index (Phi) is 36.1. The highest BCUT2D eigenvalue weighted by Crippen LogP contribution is 2.51. The summed E-state index contributed by atoms with van der Waals surface area (Å²) in [6.07, 6.45) is -14.5. The van der Waals surface area contributed by atoms with Crippen LogP contribution in [-0.2, 0) is 68.5 Å². The third-order valence-electron chi connectivity index (χ3n) is 26.3. The van der Waals surface area contributed by atoms with Gasteiger partial charge >= 0.3 is 5.97 Å². The predicted octanol–water partition coefficient (Wildman–Crippen LogP) is 5.54. The van der Waals surface area contributed by atoms with E-state index in [2.05, 4.69) is 68.6 Å². The Bertz CT molecular complexity index is 5810. The molecule has 7 aromatic rings. The van der Waals surface area contributed by atoms with Crippen molar-refractivity contribution >= 4 is 76.4 Å².